The Morgan fingerprint density at radius 1 is 1.38 bits per heavy atom. The van der Waals surface area contributed by atoms with Crippen molar-refractivity contribution in [3.05, 3.63) is 42.0 Å². The van der Waals surface area contributed by atoms with E-state index in [2.05, 4.69) is 15.7 Å². The molecule has 1 aromatic heterocycles. The standard InChI is InChI=1S/C18H19FN4O3/c19-11-4-1-2-5-12(11)23-10-13(24)16(22-23)17(26)20-14-6-7-15(25)21-18(14)8-3-9-18/h1-2,4-5,10,14,24H,3,6-9H2,(H,20,26)(H,21,25). The molecule has 26 heavy (non-hydrogen) atoms. The van der Waals surface area contributed by atoms with Crippen molar-refractivity contribution in [2.75, 3.05) is 0 Å². The van der Waals surface area contributed by atoms with Gasteiger partial charge in [0.2, 0.25) is 5.91 Å². The average Bonchev–Trinajstić information content (AvgIpc) is 2.97. The van der Waals surface area contributed by atoms with Crippen molar-refractivity contribution in [1.82, 2.24) is 20.4 Å². The number of aromatic nitrogens is 2. The number of piperidine rings is 1. The Labute approximate surface area is 149 Å². The fraction of sp³-hybridized carbons (Fsp3) is 0.389. The summed E-state index contributed by atoms with van der Waals surface area (Å²) < 4.78 is 15.0. The van der Waals surface area contributed by atoms with Crippen molar-refractivity contribution in [2.24, 2.45) is 0 Å². The van der Waals surface area contributed by atoms with Crippen molar-refractivity contribution >= 4 is 11.8 Å². The van der Waals surface area contributed by atoms with E-state index in [0.717, 1.165) is 23.9 Å². The SMILES string of the molecule is O=C1CCC(NC(=O)c2nn(-c3ccccc3F)cc2O)C2(CCC2)N1. The summed E-state index contributed by atoms with van der Waals surface area (Å²) in [6.45, 7) is 0. The van der Waals surface area contributed by atoms with Crippen molar-refractivity contribution < 1.29 is 19.1 Å². The number of benzene rings is 1. The van der Waals surface area contributed by atoms with Crippen LogP contribution in [0, 0.1) is 5.82 Å². The third kappa shape index (κ3) is 2.71. The molecule has 0 radical (unpaired) electrons. The van der Waals surface area contributed by atoms with Gasteiger partial charge in [0.05, 0.1) is 17.8 Å². The molecule has 8 heteroatoms. The van der Waals surface area contributed by atoms with Gasteiger partial charge in [-0.05, 0) is 37.8 Å². The lowest BCUT2D eigenvalue weighted by molar-refractivity contribution is -0.127. The van der Waals surface area contributed by atoms with Crippen LogP contribution in [0.5, 0.6) is 5.75 Å². The van der Waals surface area contributed by atoms with E-state index >= 15 is 0 Å². The molecule has 2 aromatic rings. The highest BCUT2D eigenvalue weighted by atomic mass is 19.1. The smallest absolute Gasteiger partial charge is 0.275 e. The van der Waals surface area contributed by atoms with Crippen molar-refractivity contribution in [3.8, 4) is 11.4 Å². The number of nitrogens with one attached hydrogen (secondary N) is 2. The van der Waals surface area contributed by atoms with Crippen LogP contribution in [-0.4, -0.2) is 38.3 Å². The van der Waals surface area contributed by atoms with Gasteiger partial charge in [-0.25, -0.2) is 9.07 Å². The van der Waals surface area contributed by atoms with Crippen LogP contribution in [0.15, 0.2) is 30.5 Å². The van der Waals surface area contributed by atoms with Gasteiger partial charge in [0.15, 0.2) is 11.4 Å². The summed E-state index contributed by atoms with van der Waals surface area (Å²) >= 11 is 0. The molecule has 1 spiro atoms. The van der Waals surface area contributed by atoms with Crippen molar-refractivity contribution in [1.29, 1.82) is 0 Å². The molecular formula is C18H19FN4O3. The van der Waals surface area contributed by atoms with Crippen molar-refractivity contribution in [2.45, 2.75) is 43.7 Å². The maximum absolute atomic E-state index is 13.9. The summed E-state index contributed by atoms with van der Waals surface area (Å²) in [4.78, 5) is 24.3. The lowest BCUT2D eigenvalue weighted by atomic mass is 9.68. The third-order valence-electron chi connectivity index (χ3n) is 5.28. The van der Waals surface area contributed by atoms with Gasteiger partial charge in [-0.3, -0.25) is 9.59 Å². The molecule has 2 heterocycles. The van der Waals surface area contributed by atoms with E-state index in [0.29, 0.717) is 12.8 Å². The largest absolute Gasteiger partial charge is 0.504 e. The number of rotatable bonds is 3. The Hall–Kier alpha value is -2.90. The topological polar surface area (TPSA) is 96.2 Å². The molecule has 1 saturated carbocycles. The molecule has 2 fully saturated rings. The van der Waals surface area contributed by atoms with E-state index in [-0.39, 0.29) is 29.1 Å². The Morgan fingerprint density at radius 2 is 2.15 bits per heavy atom. The minimum absolute atomic E-state index is 0.00174. The van der Waals surface area contributed by atoms with E-state index < -0.39 is 17.3 Å². The first kappa shape index (κ1) is 16.6. The fourth-order valence-corrected chi connectivity index (χ4v) is 3.73. The van der Waals surface area contributed by atoms with Gasteiger partial charge < -0.3 is 15.7 Å². The van der Waals surface area contributed by atoms with Gasteiger partial charge in [0.25, 0.3) is 5.91 Å². The van der Waals surface area contributed by atoms with Gasteiger partial charge in [0, 0.05) is 6.42 Å². The number of aromatic hydroxyl groups is 1. The minimum Gasteiger partial charge on any atom is -0.504 e. The molecule has 136 valence electrons. The maximum Gasteiger partial charge on any atom is 0.275 e. The van der Waals surface area contributed by atoms with E-state index in [9.17, 15) is 19.1 Å². The molecule has 1 saturated heterocycles. The molecule has 2 aliphatic rings. The Morgan fingerprint density at radius 3 is 2.85 bits per heavy atom. The predicted octanol–water partition coefficient (Wildman–Crippen LogP) is 1.65. The van der Waals surface area contributed by atoms with Crippen LogP contribution in [-0.2, 0) is 4.79 Å². The number of carbonyl (C=O) groups excluding carboxylic acids is 2. The van der Waals surface area contributed by atoms with E-state index in [1.54, 1.807) is 12.1 Å². The summed E-state index contributed by atoms with van der Waals surface area (Å²) in [6.07, 6.45) is 4.74. The minimum atomic E-state index is -0.537. The molecule has 3 N–H and O–H groups in total. The number of hydrogen-bond acceptors (Lipinski definition) is 4. The fourth-order valence-electron chi connectivity index (χ4n) is 3.73. The highest BCUT2D eigenvalue weighted by Crippen LogP contribution is 2.39. The monoisotopic (exact) mass is 358 g/mol. The van der Waals surface area contributed by atoms with Gasteiger partial charge in [0.1, 0.15) is 11.5 Å². The van der Waals surface area contributed by atoms with Gasteiger partial charge >= 0.3 is 0 Å². The van der Waals surface area contributed by atoms with Crippen LogP contribution in [0.25, 0.3) is 5.69 Å². The second-order valence-electron chi connectivity index (χ2n) is 6.88. The first-order valence-electron chi connectivity index (χ1n) is 8.64. The number of carbonyl (C=O) groups is 2. The number of halogens is 1. The average molecular weight is 358 g/mol. The number of amides is 2. The van der Waals surface area contributed by atoms with E-state index in [4.69, 9.17) is 0 Å². The zero-order chi connectivity index (χ0) is 18.3. The summed E-state index contributed by atoms with van der Waals surface area (Å²) in [7, 11) is 0. The molecule has 1 aliphatic carbocycles. The second kappa shape index (κ2) is 6.12. The normalized spacial score (nSPS) is 21.1. The highest BCUT2D eigenvalue weighted by Gasteiger charge is 2.48. The number of para-hydroxylation sites is 1. The molecule has 1 aliphatic heterocycles. The molecule has 1 atom stereocenters. The first-order chi connectivity index (χ1) is 12.5. The molecule has 1 aromatic carbocycles. The highest BCUT2D eigenvalue weighted by molar-refractivity contribution is 5.95. The summed E-state index contributed by atoms with van der Waals surface area (Å²) in [5, 5.41) is 20.0. The van der Waals surface area contributed by atoms with Gasteiger partial charge in [-0.15, -0.1) is 0 Å². The molecule has 7 nitrogen and oxygen atoms in total. The van der Waals surface area contributed by atoms with Gasteiger partial charge in [-0.1, -0.05) is 12.1 Å². The van der Waals surface area contributed by atoms with E-state index in [1.807, 2.05) is 0 Å². The van der Waals surface area contributed by atoms with Crippen LogP contribution in [0.4, 0.5) is 4.39 Å². The first-order valence-corrected chi connectivity index (χ1v) is 8.64. The quantitative estimate of drug-likeness (QED) is 0.777. The molecular weight excluding hydrogens is 339 g/mol. The Kier molecular flexibility index (Phi) is 3.90. The van der Waals surface area contributed by atoms with Gasteiger partial charge in [-0.2, -0.15) is 5.10 Å². The van der Waals surface area contributed by atoms with Crippen LogP contribution in [0.1, 0.15) is 42.6 Å². The lowest BCUT2D eigenvalue weighted by Crippen LogP contribution is -2.68. The van der Waals surface area contributed by atoms with Crippen LogP contribution in [0.2, 0.25) is 0 Å². The molecule has 0 bridgehead atoms. The lowest BCUT2D eigenvalue weighted by Gasteiger charge is -2.50. The molecule has 4 rings (SSSR count). The zero-order valence-corrected chi connectivity index (χ0v) is 14.0. The number of hydrogen-bond donors (Lipinski definition) is 3. The summed E-state index contributed by atoms with van der Waals surface area (Å²) in [5.41, 5.74) is -0.420. The Bertz CT molecular complexity index is 875. The third-order valence-corrected chi connectivity index (χ3v) is 5.28. The summed E-state index contributed by atoms with van der Waals surface area (Å²) in [6, 6.07) is 5.76. The van der Waals surface area contributed by atoms with Crippen LogP contribution < -0.4 is 10.6 Å². The predicted molar refractivity (Wildman–Crippen MR) is 90.4 cm³/mol. The van der Waals surface area contributed by atoms with Crippen molar-refractivity contribution in [3.63, 3.8) is 0 Å². The van der Waals surface area contributed by atoms with Crippen LogP contribution >= 0.6 is 0 Å². The second-order valence-corrected chi connectivity index (χ2v) is 6.88. The van der Waals surface area contributed by atoms with E-state index in [1.165, 1.54) is 18.3 Å². The molecule has 2 amide bonds. The summed E-state index contributed by atoms with van der Waals surface area (Å²) in [5.74, 6) is -1.37. The van der Waals surface area contributed by atoms with Crippen LogP contribution in [0.3, 0.4) is 0 Å². The molecule has 1 unspecified atom stereocenters. The Balaban J connectivity index is 1.56. The maximum atomic E-state index is 13.9. The zero-order valence-electron chi connectivity index (χ0n) is 14.0. The number of nitrogens with zero attached hydrogens (tertiary/aromatic N) is 2.